The van der Waals surface area contributed by atoms with Crippen LogP contribution in [0.3, 0.4) is 0 Å². The molecule has 0 spiro atoms. The predicted molar refractivity (Wildman–Crippen MR) is 98.0 cm³/mol. The number of urea groups is 1. The second-order valence-corrected chi connectivity index (χ2v) is 5.71. The Hall–Kier alpha value is -2.54. The maximum atomic E-state index is 11.9. The van der Waals surface area contributed by atoms with Crippen molar-refractivity contribution in [3.63, 3.8) is 0 Å². The molecule has 7 nitrogen and oxygen atoms in total. The molecule has 1 saturated heterocycles. The summed E-state index contributed by atoms with van der Waals surface area (Å²) < 4.78 is 5.69. The van der Waals surface area contributed by atoms with E-state index in [4.69, 9.17) is 4.74 Å². The normalized spacial score (nSPS) is 14.7. The third kappa shape index (κ3) is 5.79. The van der Waals surface area contributed by atoms with Gasteiger partial charge in [-0.1, -0.05) is 18.2 Å². The first-order valence-electron chi connectivity index (χ1n) is 8.51. The summed E-state index contributed by atoms with van der Waals surface area (Å²) in [5, 5.41) is 4.84. The minimum Gasteiger partial charge on any atom is -0.492 e. The lowest BCUT2D eigenvalue weighted by Crippen LogP contribution is -2.51. The van der Waals surface area contributed by atoms with Crippen molar-refractivity contribution in [3.8, 4) is 5.75 Å². The maximum Gasteiger partial charge on any atom is 0.321 e. The minimum atomic E-state index is -0.492. The van der Waals surface area contributed by atoms with Crippen molar-refractivity contribution >= 4 is 17.6 Å². The van der Waals surface area contributed by atoms with E-state index in [1.807, 2.05) is 30.0 Å². The predicted octanol–water partition coefficient (Wildman–Crippen LogP) is 1.22. The van der Waals surface area contributed by atoms with E-state index >= 15 is 0 Å². The van der Waals surface area contributed by atoms with Crippen LogP contribution in [0.4, 0.5) is 10.5 Å². The number of hydrogen-bond donors (Lipinski definition) is 2. The summed E-state index contributed by atoms with van der Waals surface area (Å²) in [4.78, 5) is 27.7. The molecular formula is C18H26N4O3. The van der Waals surface area contributed by atoms with E-state index in [9.17, 15) is 9.59 Å². The van der Waals surface area contributed by atoms with Crippen LogP contribution in [0, 0.1) is 0 Å². The highest BCUT2D eigenvalue weighted by atomic mass is 16.5. The number of nitrogens with zero attached hydrogens (tertiary/aromatic N) is 2. The van der Waals surface area contributed by atoms with Crippen molar-refractivity contribution in [1.29, 1.82) is 0 Å². The van der Waals surface area contributed by atoms with Gasteiger partial charge < -0.3 is 15.0 Å². The van der Waals surface area contributed by atoms with Crippen LogP contribution in [-0.2, 0) is 4.79 Å². The van der Waals surface area contributed by atoms with Crippen molar-refractivity contribution in [2.24, 2.45) is 0 Å². The van der Waals surface area contributed by atoms with Crippen LogP contribution in [0.1, 0.15) is 6.92 Å². The Morgan fingerprint density at radius 3 is 2.64 bits per heavy atom. The molecule has 0 saturated carbocycles. The largest absolute Gasteiger partial charge is 0.492 e. The number of ether oxygens (including phenoxy) is 1. The van der Waals surface area contributed by atoms with Crippen LogP contribution < -0.4 is 20.3 Å². The standard InChI is InChI=1S/C18H26N4O3/c1-3-9-19-18(24)20-17(23)14-21-10-12-22(13-11-21)15-7-5-6-8-16(15)25-4-2/h3,5-8H,1,4,9-14H2,2H3,(H2,19,20,23,24). The van der Waals surface area contributed by atoms with Crippen molar-refractivity contribution < 1.29 is 14.3 Å². The molecular weight excluding hydrogens is 320 g/mol. The average Bonchev–Trinajstić information content (AvgIpc) is 2.61. The van der Waals surface area contributed by atoms with Gasteiger partial charge in [0, 0.05) is 32.7 Å². The third-order valence-electron chi connectivity index (χ3n) is 3.91. The van der Waals surface area contributed by atoms with Gasteiger partial charge in [0.15, 0.2) is 0 Å². The number of rotatable bonds is 7. The number of nitrogens with one attached hydrogen (secondary N) is 2. The van der Waals surface area contributed by atoms with E-state index in [-0.39, 0.29) is 12.5 Å². The molecule has 3 amide bonds. The number of imide groups is 1. The van der Waals surface area contributed by atoms with Gasteiger partial charge in [0.05, 0.1) is 18.8 Å². The van der Waals surface area contributed by atoms with Gasteiger partial charge >= 0.3 is 6.03 Å². The molecule has 1 aliphatic rings. The van der Waals surface area contributed by atoms with Crippen molar-refractivity contribution in [2.45, 2.75) is 6.92 Å². The van der Waals surface area contributed by atoms with Gasteiger partial charge in [-0.25, -0.2) is 4.79 Å². The highest BCUT2D eigenvalue weighted by Crippen LogP contribution is 2.28. The number of benzene rings is 1. The fourth-order valence-corrected chi connectivity index (χ4v) is 2.72. The number of piperazine rings is 1. The molecule has 2 rings (SSSR count). The number of amides is 3. The smallest absolute Gasteiger partial charge is 0.321 e. The van der Waals surface area contributed by atoms with Crippen molar-refractivity contribution in [1.82, 2.24) is 15.5 Å². The first-order valence-corrected chi connectivity index (χ1v) is 8.51. The quantitative estimate of drug-likeness (QED) is 0.726. The molecule has 0 aromatic heterocycles. The van der Waals surface area contributed by atoms with Crippen LogP contribution in [-0.4, -0.2) is 62.7 Å². The van der Waals surface area contributed by atoms with E-state index in [1.165, 1.54) is 0 Å². The first-order chi connectivity index (χ1) is 12.1. The molecule has 25 heavy (non-hydrogen) atoms. The van der Waals surface area contributed by atoms with E-state index in [1.54, 1.807) is 6.08 Å². The Balaban J connectivity index is 1.81. The van der Waals surface area contributed by atoms with E-state index in [0.29, 0.717) is 13.2 Å². The molecule has 136 valence electrons. The van der Waals surface area contributed by atoms with Crippen molar-refractivity contribution in [2.75, 3.05) is 50.8 Å². The van der Waals surface area contributed by atoms with Gasteiger partial charge in [-0.3, -0.25) is 15.0 Å². The highest BCUT2D eigenvalue weighted by Gasteiger charge is 2.21. The first kappa shape index (κ1) is 18.8. The summed E-state index contributed by atoms with van der Waals surface area (Å²) in [5.41, 5.74) is 1.08. The minimum absolute atomic E-state index is 0.211. The van der Waals surface area contributed by atoms with E-state index < -0.39 is 6.03 Å². The molecule has 1 fully saturated rings. The second-order valence-electron chi connectivity index (χ2n) is 5.71. The Bertz CT molecular complexity index is 598. The Morgan fingerprint density at radius 2 is 1.96 bits per heavy atom. The van der Waals surface area contributed by atoms with Crippen molar-refractivity contribution in [3.05, 3.63) is 36.9 Å². The molecule has 0 radical (unpaired) electrons. The van der Waals surface area contributed by atoms with Crippen LogP contribution in [0.2, 0.25) is 0 Å². The topological polar surface area (TPSA) is 73.9 Å². The molecule has 0 bridgehead atoms. The molecule has 7 heteroatoms. The second kappa shape index (κ2) is 9.68. The molecule has 1 heterocycles. The number of anilines is 1. The molecule has 1 aromatic rings. The Kier molecular flexibility index (Phi) is 7.28. The number of carbonyl (C=O) groups is 2. The zero-order chi connectivity index (χ0) is 18.1. The average molecular weight is 346 g/mol. The number of carbonyl (C=O) groups excluding carboxylic acids is 2. The summed E-state index contributed by atoms with van der Waals surface area (Å²) in [5.74, 6) is 0.583. The summed E-state index contributed by atoms with van der Waals surface area (Å²) in [6, 6.07) is 7.50. The maximum absolute atomic E-state index is 11.9. The lowest BCUT2D eigenvalue weighted by Gasteiger charge is -2.36. The summed E-state index contributed by atoms with van der Waals surface area (Å²) in [6.45, 7) is 9.76. The van der Waals surface area contributed by atoms with Crippen LogP contribution >= 0.6 is 0 Å². The third-order valence-corrected chi connectivity index (χ3v) is 3.91. The highest BCUT2D eigenvalue weighted by molar-refractivity contribution is 5.95. The summed E-state index contributed by atoms with van der Waals surface area (Å²) in [7, 11) is 0. The Labute approximate surface area is 148 Å². The molecule has 0 aliphatic carbocycles. The lowest BCUT2D eigenvalue weighted by atomic mass is 10.2. The van der Waals surface area contributed by atoms with Gasteiger partial charge in [-0.15, -0.1) is 6.58 Å². The van der Waals surface area contributed by atoms with E-state index in [0.717, 1.165) is 37.6 Å². The van der Waals surface area contributed by atoms with Gasteiger partial charge in [-0.05, 0) is 19.1 Å². The van der Waals surface area contributed by atoms with Crippen LogP contribution in [0.15, 0.2) is 36.9 Å². The fourth-order valence-electron chi connectivity index (χ4n) is 2.72. The summed E-state index contributed by atoms with van der Waals surface area (Å²) in [6.07, 6.45) is 1.56. The molecule has 0 unspecified atom stereocenters. The fraction of sp³-hybridized carbons (Fsp3) is 0.444. The Morgan fingerprint density at radius 1 is 1.24 bits per heavy atom. The monoisotopic (exact) mass is 346 g/mol. The van der Waals surface area contributed by atoms with Gasteiger partial charge in [0.2, 0.25) is 5.91 Å². The zero-order valence-corrected chi connectivity index (χ0v) is 14.7. The number of para-hydroxylation sites is 2. The molecule has 0 atom stereocenters. The molecule has 1 aliphatic heterocycles. The summed E-state index contributed by atoms with van der Waals surface area (Å²) >= 11 is 0. The van der Waals surface area contributed by atoms with E-state index in [2.05, 4.69) is 28.2 Å². The molecule has 2 N–H and O–H groups in total. The van der Waals surface area contributed by atoms with Gasteiger partial charge in [0.25, 0.3) is 0 Å². The van der Waals surface area contributed by atoms with Gasteiger partial charge in [-0.2, -0.15) is 0 Å². The number of hydrogen-bond acceptors (Lipinski definition) is 5. The zero-order valence-electron chi connectivity index (χ0n) is 14.7. The van der Waals surface area contributed by atoms with Crippen LogP contribution in [0.5, 0.6) is 5.75 Å². The SMILES string of the molecule is C=CCNC(=O)NC(=O)CN1CCN(c2ccccc2OCC)CC1. The lowest BCUT2D eigenvalue weighted by molar-refractivity contribution is -0.121. The van der Waals surface area contributed by atoms with Gasteiger partial charge in [0.1, 0.15) is 5.75 Å². The van der Waals surface area contributed by atoms with Crippen LogP contribution in [0.25, 0.3) is 0 Å². The molecule has 1 aromatic carbocycles.